The molecule has 2 rings (SSSR count). The van der Waals surface area contributed by atoms with Gasteiger partial charge in [0.2, 0.25) is 0 Å². The molecule has 1 aliphatic rings. The minimum Gasteiger partial charge on any atom is -0.397 e. The van der Waals surface area contributed by atoms with Crippen molar-refractivity contribution in [2.75, 3.05) is 17.2 Å². The van der Waals surface area contributed by atoms with Crippen molar-refractivity contribution in [3.8, 4) is 0 Å². The number of hydrogen-bond donors (Lipinski definition) is 1. The number of nitrogens with two attached hydrogens (primary N) is 1. The Kier molecular flexibility index (Phi) is 2.55. The van der Waals surface area contributed by atoms with Gasteiger partial charge in [-0.05, 0) is 38.0 Å². The van der Waals surface area contributed by atoms with Gasteiger partial charge >= 0.3 is 0 Å². The van der Waals surface area contributed by atoms with Gasteiger partial charge in [0.25, 0.3) is 0 Å². The lowest BCUT2D eigenvalue weighted by Gasteiger charge is -2.24. The monoisotopic (exact) mass is 210 g/mol. The molecule has 0 bridgehead atoms. The fourth-order valence-corrected chi connectivity index (χ4v) is 1.94. The molecule has 76 valence electrons. The van der Waals surface area contributed by atoms with Gasteiger partial charge < -0.3 is 10.6 Å². The molecule has 0 atom stereocenters. The highest BCUT2D eigenvalue weighted by atomic mass is 35.5. The summed E-state index contributed by atoms with van der Waals surface area (Å²) in [6, 6.07) is 6.35. The summed E-state index contributed by atoms with van der Waals surface area (Å²) in [5, 5.41) is 0.758. The van der Waals surface area contributed by atoms with E-state index in [1.807, 2.05) is 18.2 Å². The maximum atomic E-state index is 5.96. The second-order valence-corrected chi connectivity index (χ2v) is 4.16. The van der Waals surface area contributed by atoms with Crippen LogP contribution in [0, 0.1) is 0 Å². The van der Waals surface area contributed by atoms with Crippen LogP contribution in [-0.2, 0) is 0 Å². The normalized spacial score (nSPS) is 15.6. The van der Waals surface area contributed by atoms with Gasteiger partial charge in [0, 0.05) is 17.6 Å². The number of benzene rings is 1. The first kappa shape index (κ1) is 9.66. The molecule has 0 aromatic heterocycles. The van der Waals surface area contributed by atoms with Crippen molar-refractivity contribution < 1.29 is 0 Å². The van der Waals surface area contributed by atoms with Crippen LogP contribution >= 0.6 is 11.6 Å². The largest absolute Gasteiger partial charge is 0.397 e. The smallest absolute Gasteiger partial charge is 0.0617 e. The Labute approximate surface area is 89.7 Å². The summed E-state index contributed by atoms with van der Waals surface area (Å²) in [6.45, 7) is 3.15. The van der Waals surface area contributed by atoms with E-state index in [1.165, 1.54) is 12.8 Å². The van der Waals surface area contributed by atoms with Crippen LogP contribution in [0.3, 0.4) is 0 Å². The maximum Gasteiger partial charge on any atom is 0.0617 e. The summed E-state index contributed by atoms with van der Waals surface area (Å²) in [7, 11) is 0. The van der Waals surface area contributed by atoms with Crippen LogP contribution in [0.4, 0.5) is 11.4 Å². The number of hydrogen-bond acceptors (Lipinski definition) is 2. The van der Waals surface area contributed by atoms with Crippen LogP contribution in [0.2, 0.25) is 5.02 Å². The van der Waals surface area contributed by atoms with Crippen LogP contribution in [0.5, 0.6) is 0 Å². The van der Waals surface area contributed by atoms with E-state index in [4.69, 9.17) is 17.3 Å². The Balaban J connectivity index is 2.32. The molecule has 0 spiro atoms. The molecule has 1 fully saturated rings. The van der Waals surface area contributed by atoms with Crippen molar-refractivity contribution in [2.24, 2.45) is 0 Å². The SMILES string of the molecule is CCN(c1cc(Cl)ccc1N)C1CC1. The molecule has 1 saturated carbocycles. The molecule has 0 unspecified atom stereocenters. The Morgan fingerprint density at radius 1 is 1.50 bits per heavy atom. The van der Waals surface area contributed by atoms with Crippen molar-refractivity contribution in [1.82, 2.24) is 0 Å². The lowest BCUT2D eigenvalue weighted by Crippen LogP contribution is -2.25. The molecule has 0 saturated heterocycles. The average molecular weight is 211 g/mol. The zero-order valence-electron chi connectivity index (χ0n) is 8.33. The van der Waals surface area contributed by atoms with Crippen LogP contribution in [0.25, 0.3) is 0 Å². The third-order valence-corrected chi connectivity index (χ3v) is 2.87. The van der Waals surface area contributed by atoms with E-state index < -0.39 is 0 Å². The summed E-state index contributed by atoms with van der Waals surface area (Å²) in [4.78, 5) is 2.33. The van der Waals surface area contributed by atoms with Crippen LogP contribution in [-0.4, -0.2) is 12.6 Å². The highest BCUT2D eigenvalue weighted by Gasteiger charge is 2.29. The van der Waals surface area contributed by atoms with Gasteiger partial charge in [-0.3, -0.25) is 0 Å². The first-order valence-corrected chi connectivity index (χ1v) is 5.42. The van der Waals surface area contributed by atoms with Crippen molar-refractivity contribution >= 4 is 23.0 Å². The van der Waals surface area contributed by atoms with Gasteiger partial charge in [0.05, 0.1) is 11.4 Å². The quantitative estimate of drug-likeness (QED) is 0.778. The Hall–Kier alpha value is -0.890. The molecule has 1 aliphatic carbocycles. The van der Waals surface area contributed by atoms with Crippen molar-refractivity contribution in [3.05, 3.63) is 23.2 Å². The fraction of sp³-hybridized carbons (Fsp3) is 0.455. The number of nitrogens with zero attached hydrogens (tertiary/aromatic N) is 1. The van der Waals surface area contributed by atoms with Gasteiger partial charge in [0.15, 0.2) is 0 Å². The molecule has 0 radical (unpaired) electrons. The second kappa shape index (κ2) is 3.70. The molecule has 3 heteroatoms. The molecule has 2 nitrogen and oxygen atoms in total. The van der Waals surface area contributed by atoms with E-state index >= 15 is 0 Å². The van der Waals surface area contributed by atoms with Gasteiger partial charge in [-0.15, -0.1) is 0 Å². The van der Waals surface area contributed by atoms with E-state index in [9.17, 15) is 0 Å². The summed E-state index contributed by atoms with van der Waals surface area (Å²) in [6.07, 6.45) is 2.56. The Bertz CT molecular complexity index is 334. The summed E-state index contributed by atoms with van der Waals surface area (Å²) >= 11 is 5.96. The van der Waals surface area contributed by atoms with E-state index in [1.54, 1.807) is 0 Å². The highest BCUT2D eigenvalue weighted by Crippen LogP contribution is 2.35. The second-order valence-electron chi connectivity index (χ2n) is 3.72. The van der Waals surface area contributed by atoms with E-state index in [-0.39, 0.29) is 0 Å². The average Bonchev–Trinajstić information content (AvgIpc) is 2.96. The molecule has 1 aromatic rings. The fourth-order valence-electron chi connectivity index (χ4n) is 1.78. The topological polar surface area (TPSA) is 29.3 Å². The lowest BCUT2D eigenvalue weighted by molar-refractivity contribution is 0.828. The number of halogens is 1. The van der Waals surface area contributed by atoms with Crippen LogP contribution in [0.15, 0.2) is 18.2 Å². The van der Waals surface area contributed by atoms with Crippen LogP contribution < -0.4 is 10.6 Å². The molecule has 14 heavy (non-hydrogen) atoms. The third kappa shape index (κ3) is 1.80. The minimum absolute atomic E-state index is 0.681. The van der Waals surface area contributed by atoms with Gasteiger partial charge in [-0.2, -0.15) is 0 Å². The molecular formula is C11H15ClN2. The third-order valence-electron chi connectivity index (χ3n) is 2.63. The molecule has 0 aliphatic heterocycles. The zero-order valence-corrected chi connectivity index (χ0v) is 9.09. The number of anilines is 2. The zero-order chi connectivity index (χ0) is 10.1. The highest BCUT2D eigenvalue weighted by molar-refractivity contribution is 6.31. The predicted octanol–water partition coefficient (Wildman–Crippen LogP) is 2.91. The maximum absolute atomic E-state index is 5.96. The van der Waals surface area contributed by atoms with Crippen LogP contribution in [0.1, 0.15) is 19.8 Å². The summed E-state index contributed by atoms with van der Waals surface area (Å²) < 4.78 is 0. The molecule has 0 amide bonds. The number of nitrogen functional groups attached to an aromatic ring is 1. The Morgan fingerprint density at radius 3 is 2.79 bits per heavy atom. The summed E-state index contributed by atoms with van der Waals surface area (Å²) in [5.41, 5.74) is 7.84. The summed E-state index contributed by atoms with van der Waals surface area (Å²) in [5.74, 6) is 0. The van der Waals surface area contributed by atoms with E-state index in [0.29, 0.717) is 6.04 Å². The lowest BCUT2D eigenvalue weighted by atomic mass is 10.2. The first-order chi connectivity index (χ1) is 6.72. The van der Waals surface area contributed by atoms with Crippen molar-refractivity contribution in [3.63, 3.8) is 0 Å². The van der Waals surface area contributed by atoms with Gasteiger partial charge in [-0.1, -0.05) is 11.6 Å². The first-order valence-electron chi connectivity index (χ1n) is 5.04. The molecule has 2 N–H and O–H groups in total. The van der Waals surface area contributed by atoms with Crippen molar-refractivity contribution in [2.45, 2.75) is 25.8 Å². The Morgan fingerprint density at radius 2 is 2.21 bits per heavy atom. The van der Waals surface area contributed by atoms with Gasteiger partial charge in [-0.25, -0.2) is 0 Å². The van der Waals surface area contributed by atoms with Gasteiger partial charge in [0.1, 0.15) is 0 Å². The number of rotatable bonds is 3. The molecule has 0 heterocycles. The molecular weight excluding hydrogens is 196 g/mol. The van der Waals surface area contributed by atoms with Crippen molar-refractivity contribution in [1.29, 1.82) is 0 Å². The molecule has 1 aromatic carbocycles. The predicted molar refractivity (Wildman–Crippen MR) is 61.9 cm³/mol. The standard InChI is InChI=1S/C11H15ClN2/c1-2-14(9-4-5-9)11-7-8(12)3-6-10(11)13/h3,6-7,9H,2,4-5,13H2,1H3. The van der Waals surface area contributed by atoms with E-state index in [2.05, 4.69) is 11.8 Å². The van der Waals surface area contributed by atoms with E-state index in [0.717, 1.165) is 22.9 Å². The minimum atomic E-state index is 0.681.